The van der Waals surface area contributed by atoms with E-state index in [2.05, 4.69) is 112 Å². The summed E-state index contributed by atoms with van der Waals surface area (Å²) in [5.41, 5.74) is 5.69. The minimum absolute atomic E-state index is 0.338. The summed E-state index contributed by atoms with van der Waals surface area (Å²) in [5, 5.41) is 9.26. The number of allylic oxidation sites excluding steroid dienone is 4. The van der Waals surface area contributed by atoms with E-state index in [9.17, 15) is 13.5 Å². The SMILES string of the molecule is C[C@H]1CC[C@@]2(C)C(=CC[C@H]3[C@@H]4CC[C@H]([C@H](C)CCCO)[C@@]4(C)CC[C@@H]32)C1.C[C@H]1CC[C@@]2(C)C(=CC[C@H]3[C@@H]4CC[C@H]([C@H](C)CCCOS(C)(=O)=O)[C@@]4(C)CC[C@@H]32)C1.S=S.S=S=S=S. The van der Waals surface area contributed by atoms with Crippen LogP contribution in [0.5, 0.6) is 0 Å². The fourth-order valence-corrected chi connectivity index (χ4v) is 17.5. The molecule has 6 fully saturated rings. The van der Waals surface area contributed by atoms with Crippen molar-refractivity contribution in [1.82, 2.24) is 0 Å². The first-order valence-electron chi connectivity index (χ1n) is 25.0. The van der Waals surface area contributed by atoms with Crippen molar-refractivity contribution in [3.05, 3.63) is 23.3 Å². The van der Waals surface area contributed by atoms with E-state index in [0.717, 1.165) is 90.6 Å². The second kappa shape index (κ2) is 22.9. The van der Waals surface area contributed by atoms with Gasteiger partial charge in [0, 0.05) is 69.1 Å². The Morgan fingerprint density at radius 2 is 1.10 bits per heavy atom. The molecule has 62 heavy (non-hydrogen) atoms. The first-order valence-corrected chi connectivity index (χ1v) is 32.1. The highest BCUT2D eigenvalue weighted by molar-refractivity contribution is 8.51. The van der Waals surface area contributed by atoms with Crippen LogP contribution in [0.3, 0.4) is 0 Å². The maximum absolute atomic E-state index is 11.2. The second-order valence-electron chi connectivity index (χ2n) is 23.3. The Kier molecular flexibility index (Phi) is 19.8. The molecular weight excluding hydrogens is 901 g/mol. The molecule has 0 heterocycles. The third kappa shape index (κ3) is 11.4. The molecule has 0 aromatic rings. The minimum atomic E-state index is -3.31. The number of fused-ring (bicyclic) bond motifs is 10. The van der Waals surface area contributed by atoms with Crippen molar-refractivity contribution >= 4 is 72.6 Å². The van der Waals surface area contributed by atoms with Crippen LogP contribution in [-0.2, 0) is 76.8 Å². The fraction of sp³-hybridized carbons (Fsp3) is 0.922. The van der Waals surface area contributed by atoms with Gasteiger partial charge in [0.05, 0.1) is 12.9 Å². The summed E-state index contributed by atoms with van der Waals surface area (Å²) in [4.78, 5) is 0. The Balaban J connectivity index is 0.000000210. The highest BCUT2D eigenvalue weighted by Gasteiger charge is 2.60. The van der Waals surface area contributed by atoms with E-state index >= 15 is 0 Å². The lowest BCUT2D eigenvalue weighted by Crippen LogP contribution is -2.50. The predicted octanol–water partition coefficient (Wildman–Crippen LogP) is 13.2. The molecule has 11 heteroatoms. The average Bonchev–Trinajstić information content (AvgIpc) is 3.79. The molecule has 8 rings (SSSR count). The van der Waals surface area contributed by atoms with E-state index < -0.39 is 10.1 Å². The van der Waals surface area contributed by atoms with Crippen LogP contribution >= 0.6 is 0 Å². The van der Waals surface area contributed by atoms with Gasteiger partial charge in [-0.05, 0) is 221 Å². The summed E-state index contributed by atoms with van der Waals surface area (Å²) < 4.78 is 27.4. The van der Waals surface area contributed by atoms with E-state index in [1.807, 2.05) is 5.57 Å². The lowest BCUT2D eigenvalue weighted by atomic mass is 9.46. The van der Waals surface area contributed by atoms with Crippen molar-refractivity contribution in [3.63, 3.8) is 0 Å². The van der Waals surface area contributed by atoms with Gasteiger partial charge in [-0.15, -0.1) is 0 Å². The Labute approximate surface area is 406 Å². The quantitative estimate of drug-likeness (QED) is 0.132. The number of rotatable bonds is 10. The van der Waals surface area contributed by atoms with Crippen molar-refractivity contribution < 1.29 is 17.7 Å². The molecule has 0 aromatic carbocycles. The maximum atomic E-state index is 11.2. The largest absolute Gasteiger partial charge is 0.396 e. The van der Waals surface area contributed by atoms with Crippen molar-refractivity contribution in [3.8, 4) is 0 Å². The zero-order chi connectivity index (χ0) is 45.7. The van der Waals surface area contributed by atoms with E-state index in [0.29, 0.717) is 40.8 Å². The minimum Gasteiger partial charge on any atom is -0.396 e. The van der Waals surface area contributed by atoms with Gasteiger partial charge in [-0.1, -0.05) is 78.7 Å². The molecule has 6 saturated carbocycles. The molecule has 0 spiro atoms. The standard InChI is InChI=1S/C26H44O3S.C25H42O.S4.S2/c1-18-12-14-25(3)20(17-18)8-9-21-23-11-10-22(26(23,4)15-13-24(21)25)19(2)7-6-16-29-30(5,27)28;1-17-11-13-24(3)19(16-17)7-8-20-22-10-9-21(18(2)6-5-15-26)25(22,4)14-12-23(20)24;1-3-4-2;1-2/h8,18-19,21-24H,6-7,9-17H2,1-5H3;7,17-18,20-23,26H,5-6,8-16H2,1-4H3;;/t18-,19+,21-,22+,23-,24-,25-,26+;17-,18+,20-,21+,22-,23-,24-,25+;;/m00../s1. The van der Waals surface area contributed by atoms with E-state index in [1.165, 1.54) is 127 Å². The van der Waals surface area contributed by atoms with Gasteiger partial charge in [-0.25, -0.2) is 0 Å². The molecule has 8 aliphatic carbocycles. The summed E-state index contributed by atoms with van der Waals surface area (Å²) in [6.45, 7) is 21.0. The van der Waals surface area contributed by atoms with Crippen LogP contribution in [0.15, 0.2) is 23.3 Å². The average molecular weight is 988 g/mol. The monoisotopic (exact) mass is 986 g/mol. The number of aliphatic hydroxyl groups excluding tert-OH is 1. The molecule has 0 unspecified atom stereocenters. The Hall–Kier alpha value is 0.670. The summed E-state index contributed by atoms with van der Waals surface area (Å²) >= 11 is 16.0. The van der Waals surface area contributed by atoms with Crippen LogP contribution in [0.2, 0.25) is 0 Å². The van der Waals surface area contributed by atoms with Gasteiger partial charge in [-0.3, -0.25) is 4.18 Å². The molecule has 1 N–H and O–H groups in total. The third-order valence-electron chi connectivity index (χ3n) is 20.2. The highest BCUT2D eigenvalue weighted by Crippen LogP contribution is 2.69. The van der Waals surface area contributed by atoms with Crippen molar-refractivity contribution in [1.29, 1.82) is 0 Å². The van der Waals surface area contributed by atoms with Gasteiger partial charge in [-0.2, -0.15) is 8.42 Å². The summed E-state index contributed by atoms with van der Waals surface area (Å²) in [5.74, 6) is 10.4. The van der Waals surface area contributed by atoms with Gasteiger partial charge < -0.3 is 5.11 Å². The molecule has 16 atom stereocenters. The lowest BCUT2D eigenvalue weighted by molar-refractivity contribution is -0.0524. The molecular formula is C51H86O4S7. The molecule has 356 valence electrons. The maximum Gasteiger partial charge on any atom is 0.264 e. The predicted molar refractivity (Wildman–Crippen MR) is 278 cm³/mol. The van der Waals surface area contributed by atoms with Crippen LogP contribution in [0.25, 0.3) is 0 Å². The van der Waals surface area contributed by atoms with Gasteiger partial charge in [0.15, 0.2) is 0 Å². The van der Waals surface area contributed by atoms with Crippen LogP contribution in [0.4, 0.5) is 0 Å². The molecule has 8 aliphatic rings. The molecule has 0 aromatic heterocycles. The topological polar surface area (TPSA) is 63.6 Å². The van der Waals surface area contributed by atoms with Gasteiger partial charge >= 0.3 is 0 Å². The molecule has 0 radical (unpaired) electrons. The summed E-state index contributed by atoms with van der Waals surface area (Å²) in [6.07, 6.45) is 33.3. The molecule has 0 bridgehead atoms. The first-order chi connectivity index (χ1) is 29.4. The van der Waals surface area contributed by atoms with E-state index in [4.69, 9.17) is 4.18 Å². The van der Waals surface area contributed by atoms with Crippen LogP contribution in [0.1, 0.15) is 184 Å². The second-order valence-corrected chi connectivity index (χ2v) is 28.5. The molecule has 0 aliphatic heterocycles. The number of hydrogen-bond acceptors (Lipinski definition) is 8. The lowest BCUT2D eigenvalue weighted by Gasteiger charge is -2.58. The summed E-state index contributed by atoms with van der Waals surface area (Å²) in [7, 11) is -0.968. The van der Waals surface area contributed by atoms with E-state index in [-0.39, 0.29) is 0 Å². The van der Waals surface area contributed by atoms with Gasteiger partial charge in [0.1, 0.15) is 0 Å². The van der Waals surface area contributed by atoms with Crippen molar-refractivity contribution in [2.75, 3.05) is 19.5 Å². The molecule has 4 nitrogen and oxygen atoms in total. The Morgan fingerprint density at radius 1 is 0.677 bits per heavy atom. The van der Waals surface area contributed by atoms with Crippen molar-refractivity contribution in [2.24, 2.45) is 92.7 Å². The Morgan fingerprint density at radius 3 is 1.48 bits per heavy atom. The highest BCUT2D eigenvalue weighted by atomic mass is 33.2. The fourth-order valence-electron chi connectivity index (χ4n) is 17.1. The van der Waals surface area contributed by atoms with E-state index in [1.54, 1.807) is 5.57 Å². The summed E-state index contributed by atoms with van der Waals surface area (Å²) in [6, 6.07) is 0. The normalized spacial score (nSPS) is 42.5. The number of aliphatic hydroxyl groups is 1. The van der Waals surface area contributed by atoms with Crippen LogP contribution in [0, 0.1) is 92.7 Å². The number of hydrogen-bond donors (Lipinski definition) is 1. The van der Waals surface area contributed by atoms with Crippen molar-refractivity contribution in [2.45, 2.75) is 184 Å². The third-order valence-corrected chi connectivity index (χ3v) is 23.0. The molecule has 0 amide bonds. The van der Waals surface area contributed by atoms with Crippen LogP contribution in [-0.4, -0.2) is 33.0 Å². The van der Waals surface area contributed by atoms with Gasteiger partial charge in [0.25, 0.3) is 10.1 Å². The van der Waals surface area contributed by atoms with Gasteiger partial charge in [0.2, 0.25) is 0 Å². The smallest absolute Gasteiger partial charge is 0.264 e. The zero-order valence-electron chi connectivity index (χ0n) is 40.2. The molecule has 0 saturated heterocycles. The Bertz CT molecular complexity index is 1750. The first kappa shape index (κ1) is 53.6. The van der Waals surface area contributed by atoms with Crippen LogP contribution < -0.4 is 0 Å². The zero-order valence-corrected chi connectivity index (χ0v) is 45.9.